The predicted octanol–water partition coefficient (Wildman–Crippen LogP) is 3.43. The van der Waals surface area contributed by atoms with E-state index in [2.05, 4.69) is 4.74 Å². The molecule has 1 rings (SSSR count). The third kappa shape index (κ3) is 5.56. The van der Waals surface area contributed by atoms with Gasteiger partial charge in [0.1, 0.15) is 12.4 Å². The Morgan fingerprint density at radius 3 is 2.78 bits per heavy atom. The minimum absolute atomic E-state index is 0.0205. The van der Waals surface area contributed by atoms with E-state index < -0.39 is 13.0 Å². The fourth-order valence-corrected chi connectivity index (χ4v) is 1.76. The molecule has 0 fully saturated rings. The van der Waals surface area contributed by atoms with Gasteiger partial charge in [-0.1, -0.05) is 23.7 Å². The van der Waals surface area contributed by atoms with Gasteiger partial charge < -0.3 is 4.74 Å². The topological polar surface area (TPSA) is 26.3 Å². The minimum atomic E-state index is -2.49. The maximum absolute atomic E-state index is 11.8. The fraction of sp³-hybridized carbons (Fsp3) is 0.462. The van der Waals surface area contributed by atoms with E-state index >= 15 is 0 Å². The second kappa shape index (κ2) is 7.44. The van der Waals surface area contributed by atoms with E-state index in [1.165, 1.54) is 0 Å². The largest absolute Gasteiger partial charge is 0.375 e. The number of Topliss-reactive ketones (excluding diaryl/α,β-unsaturated/α-hetero) is 1. The molecule has 0 radical (unpaired) electrons. The van der Waals surface area contributed by atoms with Crippen LogP contribution in [-0.2, 0) is 16.0 Å². The molecule has 0 bridgehead atoms. The van der Waals surface area contributed by atoms with Crippen LogP contribution in [-0.4, -0.2) is 25.4 Å². The highest BCUT2D eigenvalue weighted by molar-refractivity contribution is 6.31. The van der Waals surface area contributed by atoms with Gasteiger partial charge in [-0.15, -0.1) is 0 Å². The summed E-state index contributed by atoms with van der Waals surface area (Å²) in [4.78, 5) is 11.6. The number of ketones is 1. The monoisotopic (exact) mass is 276 g/mol. The number of carbonyl (C=O) groups excluding carboxylic acids is 1. The van der Waals surface area contributed by atoms with Crippen molar-refractivity contribution in [3.8, 4) is 0 Å². The molecule has 0 aliphatic heterocycles. The zero-order chi connectivity index (χ0) is 13.5. The van der Waals surface area contributed by atoms with Crippen LogP contribution in [0, 0.1) is 6.92 Å². The number of hydrogen-bond acceptors (Lipinski definition) is 2. The van der Waals surface area contributed by atoms with Gasteiger partial charge in [-0.05, 0) is 24.1 Å². The van der Waals surface area contributed by atoms with Gasteiger partial charge in [0, 0.05) is 17.9 Å². The Morgan fingerprint density at radius 2 is 2.17 bits per heavy atom. The first-order chi connectivity index (χ1) is 8.49. The maximum Gasteiger partial charge on any atom is 0.261 e. The number of rotatable bonds is 7. The van der Waals surface area contributed by atoms with E-state index in [4.69, 9.17) is 11.6 Å². The van der Waals surface area contributed by atoms with Crippen LogP contribution >= 0.6 is 11.6 Å². The van der Waals surface area contributed by atoms with Gasteiger partial charge in [0.05, 0.1) is 6.61 Å². The van der Waals surface area contributed by atoms with Gasteiger partial charge in [0.15, 0.2) is 0 Å². The second-order valence-corrected chi connectivity index (χ2v) is 4.43. The van der Waals surface area contributed by atoms with Crippen LogP contribution in [0.25, 0.3) is 0 Å². The van der Waals surface area contributed by atoms with Crippen molar-refractivity contribution in [2.75, 3.05) is 13.2 Å². The Hall–Kier alpha value is -1.00. The van der Waals surface area contributed by atoms with Gasteiger partial charge in [-0.2, -0.15) is 0 Å². The van der Waals surface area contributed by atoms with Crippen molar-refractivity contribution < 1.29 is 18.3 Å². The van der Waals surface area contributed by atoms with Crippen LogP contribution in [0.5, 0.6) is 0 Å². The zero-order valence-corrected chi connectivity index (χ0v) is 10.8. The van der Waals surface area contributed by atoms with Gasteiger partial charge in [0.25, 0.3) is 6.43 Å². The van der Waals surface area contributed by atoms with E-state index in [1.807, 2.05) is 13.0 Å². The molecule has 1 aromatic carbocycles. The van der Waals surface area contributed by atoms with Crippen molar-refractivity contribution in [2.45, 2.75) is 26.2 Å². The average molecular weight is 277 g/mol. The van der Waals surface area contributed by atoms with E-state index in [-0.39, 0.29) is 25.2 Å². The quantitative estimate of drug-likeness (QED) is 0.713. The third-order valence-corrected chi connectivity index (χ3v) is 2.72. The summed E-state index contributed by atoms with van der Waals surface area (Å²) in [7, 11) is 0. The lowest BCUT2D eigenvalue weighted by Gasteiger charge is -2.05. The average Bonchev–Trinajstić information content (AvgIpc) is 2.28. The molecule has 18 heavy (non-hydrogen) atoms. The summed E-state index contributed by atoms with van der Waals surface area (Å²) in [5.74, 6) is -0.0741. The lowest BCUT2D eigenvalue weighted by molar-refractivity contribution is -0.119. The number of carbonyl (C=O) groups is 1. The Morgan fingerprint density at radius 1 is 1.44 bits per heavy atom. The van der Waals surface area contributed by atoms with Crippen LogP contribution in [0.3, 0.4) is 0 Å². The van der Waals surface area contributed by atoms with Crippen LogP contribution < -0.4 is 0 Å². The van der Waals surface area contributed by atoms with Crippen LogP contribution in [0.15, 0.2) is 18.2 Å². The zero-order valence-electron chi connectivity index (χ0n) is 10.1. The van der Waals surface area contributed by atoms with Gasteiger partial charge in [-0.3, -0.25) is 4.79 Å². The molecule has 0 spiro atoms. The van der Waals surface area contributed by atoms with Gasteiger partial charge >= 0.3 is 0 Å². The molecule has 0 N–H and O–H groups in total. The lowest BCUT2D eigenvalue weighted by Crippen LogP contribution is -2.11. The number of alkyl halides is 2. The fourth-order valence-electron chi connectivity index (χ4n) is 1.45. The summed E-state index contributed by atoms with van der Waals surface area (Å²) in [6.07, 6.45) is -2.17. The van der Waals surface area contributed by atoms with E-state index in [0.717, 1.165) is 11.1 Å². The number of halogens is 3. The first kappa shape index (κ1) is 15.1. The highest BCUT2D eigenvalue weighted by Crippen LogP contribution is 2.18. The smallest absolute Gasteiger partial charge is 0.261 e. The molecule has 0 aliphatic carbocycles. The van der Waals surface area contributed by atoms with Crippen molar-refractivity contribution in [3.63, 3.8) is 0 Å². The first-order valence-electron chi connectivity index (χ1n) is 5.61. The van der Waals surface area contributed by atoms with Crippen molar-refractivity contribution in [2.24, 2.45) is 0 Å². The number of benzene rings is 1. The maximum atomic E-state index is 11.8. The molecular weight excluding hydrogens is 262 g/mol. The van der Waals surface area contributed by atoms with Crippen molar-refractivity contribution in [3.05, 3.63) is 34.3 Å². The SMILES string of the molecule is Cc1ccc(CC(=O)CCOCC(F)F)c(Cl)c1. The number of aryl methyl sites for hydroxylation is 1. The molecule has 0 aliphatic rings. The van der Waals surface area contributed by atoms with E-state index in [0.29, 0.717) is 5.02 Å². The highest BCUT2D eigenvalue weighted by Gasteiger charge is 2.08. The molecule has 0 saturated heterocycles. The summed E-state index contributed by atoms with van der Waals surface area (Å²) >= 11 is 5.99. The molecule has 0 atom stereocenters. The Kier molecular flexibility index (Phi) is 6.22. The van der Waals surface area contributed by atoms with Crippen molar-refractivity contribution >= 4 is 17.4 Å². The Labute approximate surface area is 110 Å². The van der Waals surface area contributed by atoms with Crippen LogP contribution in [0.1, 0.15) is 17.5 Å². The van der Waals surface area contributed by atoms with Crippen LogP contribution in [0.4, 0.5) is 8.78 Å². The minimum Gasteiger partial charge on any atom is -0.375 e. The predicted molar refractivity (Wildman–Crippen MR) is 66.3 cm³/mol. The molecule has 0 aromatic heterocycles. The number of hydrogen-bond donors (Lipinski definition) is 0. The van der Waals surface area contributed by atoms with E-state index in [1.54, 1.807) is 12.1 Å². The molecular formula is C13H15ClF2O2. The van der Waals surface area contributed by atoms with Gasteiger partial charge in [0.2, 0.25) is 0 Å². The molecule has 5 heteroatoms. The standard InChI is InChI=1S/C13H15ClF2O2/c1-9-2-3-10(12(14)6-9)7-11(17)4-5-18-8-13(15)16/h2-3,6,13H,4-5,7-8H2,1H3. The van der Waals surface area contributed by atoms with E-state index in [9.17, 15) is 13.6 Å². The first-order valence-corrected chi connectivity index (χ1v) is 5.99. The van der Waals surface area contributed by atoms with Crippen molar-refractivity contribution in [1.29, 1.82) is 0 Å². The lowest BCUT2D eigenvalue weighted by atomic mass is 10.1. The molecule has 2 nitrogen and oxygen atoms in total. The molecule has 0 amide bonds. The molecule has 0 heterocycles. The normalized spacial score (nSPS) is 10.9. The molecule has 0 saturated carbocycles. The summed E-state index contributed by atoms with van der Waals surface area (Å²) in [5.41, 5.74) is 1.78. The molecule has 100 valence electrons. The third-order valence-electron chi connectivity index (χ3n) is 2.37. The summed E-state index contributed by atoms with van der Waals surface area (Å²) in [6, 6.07) is 5.47. The Balaban J connectivity index is 2.35. The highest BCUT2D eigenvalue weighted by atomic mass is 35.5. The van der Waals surface area contributed by atoms with Crippen LogP contribution in [0.2, 0.25) is 5.02 Å². The Bertz CT molecular complexity index is 408. The molecule has 1 aromatic rings. The molecule has 0 unspecified atom stereocenters. The summed E-state index contributed by atoms with van der Waals surface area (Å²) < 4.78 is 28.2. The summed E-state index contributed by atoms with van der Waals surface area (Å²) in [6.45, 7) is 1.31. The summed E-state index contributed by atoms with van der Waals surface area (Å²) in [5, 5.41) is 0.553. The number of ether oxygens (including phenoxy) is 1. The second-order valence-electron chi connectivity index (χ2n) is 4.03. The van der Waals surface area contributed by atoms with Gasteiger partial charge in [-0.25, -0.2) is 8.78 Å². The van der Waals surface area contributed by atoms with Crippen molar-refractivity contribution in [1.82, 2.24) is 0 Å².